The van der Waals surface area contributed by atoms with Crippen LogP contribution in [0.1, 0.15) is 58.3 Å². The molecule has 0 aromatic rings. The number of rotatable bonds is 7. The van der Waals surface area contributed by atoms with E-state index in [2.05, 4.69) is 10.6 Å². The van der Waals surface area contributed by atoms with E-state index in [4.69, 9.17) is 5.11 Å². The van der Waals surface area contributed by atoms with Gasteiger partial charge >= 0.3 is 12.0 Å². The third kappa shape index (κ3) is 5.59. The number of carboxylic acid groups (broad SMARTS) is 1. The van der Waals surface area contributed by atoms with E-state index in [0.29, 0.717) is 6.54 Å². The van der Waals surface area contributed by atoms with Crippen molar-refractivity contribution in [2.45, 2.75) is 58.3 Å². The maximum Gasteiger partial charge on any atom is 0.321 e. The van der Waals surface area contributed by atoms with Crippen molar-refractivity contribution in [3.05, 3.63) is 0 Å². The number of hydrogen-bond donors (Lipinski definition) is 3. The van der Waals surface area contributed by atoms with Crippen molar-refractivity contribution in [1.29, 1.82) is 0 Å². The quantitative estimate of drug-likeness (QED) is 0.623. The van der Waals surface area contributed by atoms with E-state index in [1.165, 1.54) is 0 Å². The summed E-state index contributed by atoms with van der Waals surface area (Å²) in [5.41, 5.74) is -0.473. The predicted octanol–water partition coefficient (Wildman–Crippen LogP) is 2.04. The fourth-order valence-electron chi connectivity index (χ4n) is 2.80. The second-order valence-electron chi connectivity index (χ2n) is 5.61. The standard InChI is InChI=1S/C14H24N2O4/c1-2-3-8-15-13(20)16-11(17)9-14(10-12(18)19)6-4-5-7-14/h2-10H2,1H3,(H,18,19)(H2,15,16,17,20). The molecule has 20 heavy (non-hydrogen) atoms. The average Bonchev–Trinajstić information content (AvgIpc) is 2.76. The third-order valence-electron chi connectivity index (χ3n) is 3.79. The van der Waals surface area contributed by atoms with Gasteiger partial charge in [-0.3, -0.25) is 14.9 Å². The molecule has 0 atom stereocenters. The van der Waals surface area contributed by atoms with Crippen molar-refractivity contribution in [2.24, 2.45) is 5.41 Å². The van der Waals surface area contributed by atoms with E-state index in [1.54, 1.807) is 0 Å². The molecule has 6 nitrogen and oxygen atoms in total. The Hall–Kier alpha value is -1.59. The lowest BCUT2D eigenvalue weighted by molar-refractivity contribution is -0.140. The van der Waals surface area contributed by atoms with Crippen LogP contribution in [-0.2, 0) is 9.59 Å². The molecule has 6 heteroatoms. The highest BCUT2D eigenvalue weighted by molar-refractivity contribution is 5.94. The first kappa shape index (κ1) is 16.5. The van der Waals surface area contributed by atoms with E-state index in [9.17, 15) is 14.4 Å². The molecule has 0 saturated heterocycles. The molecule has 0 bridgehead atoms. The highest BCUT2D eigenvalue weighted by Gasteiger charge is 2.38. The molecule has 1 rings (SSSR count). The van der Waals surface area contributed by atoms with Gasteiger partial charge in [0.05, 0.1) is 6.42 Å². The first-order chi connectivity index (χ1) is 9.47. The molecular formula is C14H24N2O4. The largest absolute Gasteiger partial charge is 0.481 e. The van der Waals surface area contributed by atoms with Crippen LogP contribution in [0.4, 0.5) is 4.79 Å². The Morgan fingerprint density at radius 2 is 1.80 bits per heavy atom. The Labute approximate surface area is 119 Å². The normalized spacial score (nSPS) is 16.6. The zero-order valence-electron chi connectivity index (χ0n) is 12.0. The highest BCUT2D eigenvalue weighted by atomic mass is 16.4. The molecule has 0 radical (unpaired) electrons. The SMILES string of the molecule is CCCCNC(=O)NC(=O)CC1(CC(=O)O)CCCC1. The summed E-state index contributed by atoms with van der Waals surface area (Å²) in [7, 11) is 0. The maximum absolute atomic E-state index is 11.9. The van der Waals surface area contributed by atoms with Gasteiger partial charge in [0.15, 0.2) is 0 Å². The molecule has 1 aliphatic carbocycles. The number of amides is 3. The first-order valence-corrected chi connectivity index (χ1v) is 7.27. The van der Waals surface area contributed by atoms with Gasteiger partial charge in [-0.15, -0.1) is 0 Å². The maximum atomic E-state index is 11.9. The average molecular weight is 284 g/mol. The first-order valence-electron chi connectivity index (χ1n) is 7.27. The van der Waals surface area contributed by atoms with Crippen molar-refractivity contribution in [3.8, 4) is 0 Å². The molecule has 1 aliphatic rings. The summed E-state index contributed by atoms with van der Waals surface area (Å²) in [5.74, 6) is -1.27. The minimum Gasteiger partial charge on any atom is -0.481 e. The van der Waals surface area contributed by atoms with Crippen LogP contribution in [0.5, 0.6) is 0 Å². The summed E-state index contributed by atoms with van der Waals surface area (Å²) in [6, 6.07) is -0.494. The molecule has 1 fully saturated rings. The van der Waals surface area contributed by atoms with Gasteiger partial charge in [0.25, 0.3) is 0 Å². The number of unbranched alkanes of at least 4 members (excludes halogenated alkanes) is 1. The molecule has 1 saturated carbocycles. The predicted molar refractivity (Wildman–Crippen MR) is 74.2 cm³/mol. The fourth-order valence-corrected chi connectivity index (χ4v) is 2.80. The molecule has 0 aliphatic heterocycles. The highest BCUT2D eigenvalue weighted by Crippen LogP contribution is 2.43. The Morgan fingerprint density at radius 3 is 2.35 bits per heavy atom. The Morgan fingerprint density at radius 1 is 1.15 bits per heavy atom. The summed E-state index contributed by atoms with van der Waals surface area (Å²) in [6.45, 7) is 2.55. The van der Waals surface area contributed by atoms with Crippen LogP contribution in [0.3, 0.4) is 0 Å². The summed E-state index contributed by atoms with van der Waals surface area (Å²) < 4.78 is 0. The smallest absolute Gasteiger partial charge is 0.321 e. The number of carbonyl (C=O) groups excluding carboxylic acids is 2. The number of carbonyl (C=O) groups is 3. The van der Waals surface area contributed by atoms with Crippen LogP contribution in [0.25, 0.3) is 0 Å². The number of hydrogen-bond acceptors (Lipinski definition) is 3. The Bertz CT molecular complexity index is 362. The minimum absolute atomic E-state index is 0.00211. The third-order valence-corrected chi connectivity index (χ3v) is 3.79. The van der Waals surface area contributed by atoms with Crippen molar-refractivity contribution in [3.63, 3.8) is 0 Å². The molecule has 0 heterocycles. The number of imide groups is 1. The van der Waals surface area contributed by atoms with Gasteiger partial charge in [-0.2, -0.15) is 0 Å². The lowest BCUT2D eigenvalue weighted by Crippen LogP contribution is -2.42. The van der Waals surface area contributed by atoms with Crippen molar-refractivity contribution < 1.29 is 19.5 Å². The molecular weight excluding hydrogens is 260 g/mol. The summed E-state index contributed by atoms with van der Waals surface area (Å²) in [5, 5.41) is 13.9. The van der Waals surface area contributed by atoms with Gasteiger partial charge in [0.1, 0.15) is 0 Å². The van der Waals surface area contributed by atoms with Crippen molar-refractivity contribution in [1.82, 2.24) is 10.6 Å². The van der Waals surface area contributed by atoms with Crippen LogP contribution < -0.4 is 10.6 Å². The van der Waals surface area contributed by atoms with Crippen LogP contribution in [0.2, 0.25) is 0 Å². The monoisotopic (exact) mass is 284 g/mol. The Kier molecular flexibility index (Phi) is 6.48. The topological polar surface area (TPSA) is 95.5 Å². The van der Waals surface area contributed by atoms with E-state index >= 15 is 0 Å². The zero-order valence-corrected chi connectivity index (χ0v) is 12.0. The van der Waals surface area contributed by atoms with E-state index in [1.807, 2.05) is 6.92 Å². The van der Waals surface area contributed by atoms with Crippen LogP contribution in [0, 0.1) is 5.41 Å². The zero-order chi connectivity index (χ0) is 15.0. The van der Waals surface area contributed by atoms with Crippen molar-refractivity contribution in [2.75, 3.05) is 6.54 Å². The Balaban J connectivity index is 2.42. The van der Waals surface area contributed by atoms with Gasteiger partial charge in [-0.05, 0) is 24.7 Å². The number of carboxylic acids is 1. The fraction of sp³-hybridized carbons (Fsp3) is 0.786. The summed E-state index contributed by atoms with van der Waals surface area (Å²) >= 11 is 0. The van der Waals surface area contributed by atoms with Crippen LogP contribution >= 0.6 is 0 Å². The van der Waals surface area contributed by atoms with E-state index < -0.39 is 17.4 Å². The molecule has 0 spiro atoms. The number of nitrogens with one attached hydrogen (secondary N) is 2. The summed E-state index contributed by atoms with van der Waals surface area (Å²) in [4.78, 5) is 34.3. The molecule has 0 aromatic heterocycles. The number of aliphatic carboxylic acids is 1. The molecule has 3 N–H and O–H groups in total. The molecule has 114 valence electrons. The lowest BCUT2D eigenvalue weighted by atomic mass is 9.79. The number of urea groups is 1. The van der Waals surface area contributed by atoms with Gasteiger partial charge < -0.3 is 10.4 Å². The van der Waals surface area contributed by atoms with Gasteiger partial charge in [-0.1, -0.05) is 26.2 Å². The molecule has 0 aromatic carbocycles. The summed E-state index contributed by atoms with van der Waals surface area (Å²) in [6.07, 6.45) is 5.32. The molecule has 0 unspecified atom stereocenters. The minimum atomic E-state index is -0.882. The van der Waals surface area contributed by atoms with Gasteiger partial charge in [-0.25, -0.2) is 4.79 Å². The van der Waals surface area contributed by atoms with Gasteiger partial charge in [0.2, 0.25) is 5.91 Å². The second kappa shape index (κ2) is 7.87. The van der Waals surface area contributed by atoms with Crippen LogP contribution in [-0.4, -0.2) is 29.6 Å². The van der Waals surface area contributed by atoms with E-state index in [-0.39, 0.29) is 18.7 Å². The second-order valence-corrected chi connectivity index (χ2v) is 5.61. The van der Waals surface area contributed by atoms with Crippen LogP contribution in [0.15, 0.2) is 0 Å². The lowest BCUT2D eigenvalue weighted by Gasteiger charge is -2.26. The van der Waals surface area contributed by atoms with E-state index in [0.717, 1.165) is 38.5 Å². The molecule has 3 amide bonds. The van der Waals surface area contributed by atoms with Crippen molar-refractivity contribution >= 4 is 17.9 Å². The van der Waals surface area contributed by atoms with Gasteiger partial charge in [0, 0.05) is 13.0 Å².